The van der Waals surface area contributed by atoms with Crippen LogP contribution in [0.25, 0.3) is 0 Å². The van der Waals surface area contributed by atoms with Crippen LogP contribution in [-0.2, 0) is 13.1 Å². The van der Waals surface area contributed by atoms with Gasteiger partial charge in [-0.1, -0.05) is 11.6 Å². The van der Waals surface area contributed by atoms with E-state index in [4.69, 9.17) is 21.1 Å². The number of nitrogens with zero attached hydrogens (tertiary/aromatic N) is 2. The number of rotatable bonds is 7. The summed E-state index contributed by atoms with van der Waals surface area (Å²) < 4.78 is 12.4. The maximum atomic E-state index is 12.6. The SMILES string of the molecule is COc1cc(CNC(=O)c2cc(Cl)cc(Cn3ccnc3)c2)cc(OC)c1. The molecule has 1 heterocycles. The van der Waals surface area contributed by atoms with Gasteiger partial charge in [-0.25, -0.2) is 4.98 Å². The van der Waals surface area contributed by atoms with Crippen molar-refractivity contribution in [2.24, 2.45) is 0 Å². The number of halogens is 1. The summed E-state index contributed by atoms with van der Waals surface area (Å²) in [5.41, 5.74) is 2.31. The van der Waals surface area contributed by atoms with Crippen molar-refractivity contribution in [3.05, 3.63) is 76.8 Å². The molecule has 3 rings (SSSR count). The van der Waals surface area contributed by atoms with Gasteiger partial charge in [0.15, 0.2) is 0 Å². The Morgan fingerprint density at radius 2 is 1.81 bits per heavy atom. The van der Waals surface area contributed by atoms with Crippen molar-refractivity contribution in [2.75, 3.05) is 14.2 Å². The predicted octanol–water partition coefficient (Wildman–Crippen LogP) is 3.53. The third-order valence-corrected chi connectivity index (χ3v) is 4.23. The molecule has 6 nitrogen and oxygen atoms in total. The molecule has 0 aliphatic carbocycles. The van der Waals surface area contributed by atoms with Crippen molar-refractivity contribution in [1.82, 2.24) is 14.9 Å². The van der Waals surface area contributed by atoms with Gasteiger partial charge < -0.3 is 19.4 Å². The Morgan fingerprint density at radius 3 is 2.44 bits per heavy atom. The van der Waals surface area contributed by atoms with Gasteiger partial charge >= 0.3 is 0 Å². The lowest BCUT2D eigenvalue weighted by Crippen LogP contribution is -2.23. The summed E-state index contributed by atoms with van der Waals surface area (Å²) >= 11 is 6.19. The molecule has 0 atom stereocenters. The summed E-state index contributed by atoms with van der Waals surface area (Å²) in [5.74, 6) is 1.14. The van der Waals surface area contributed by atoms with E-state index < -0.39 is 0 Å². The molecule has 0 aliphatic rings. The minimum absolute atomic E-state index is 0.203. The van der Waals surface area contributed by atoms with E-state index in [2.05, 4.69) is 10.3 Å². The van der Waals surface area contributed by atoms with Crippen LogP contribution in [0, 0.1) is 0 Å². The van der Waals surface area contributed by atoms with Gasteiger partial charge in [0, 0.05) is 42.1 Å². The number of hydrogen-bond donors (Lipinski definition) is 1. The highest BCUT2D eigenvalue weighted by atomic mass is 35.5. The second kappa shape index (κ2) is 8.60. The summed E-state index contributed by atoms with van der Waals surface area (Å²) in [6.07, 6.45) is 5.29. The average Bonchev–Trinajstić information content (AvgIpc) is 3.18. The van der Waals surface area contributed by atoms with Crippen LogP contribution in [0.15, 0.2) is 55.1 Å². The number of carbonyl (C=O) groups excluding carboxylic acids is 1. The first kappa shape index (κ1) is 18.8. The highest BCUT2D eigenvalue weighted by molar-refractivity contribution is 6.31. The number of methoxy groups -OCH3 is 2. The second-order valence-corrected chi connectivity index (χ2v) is 6.42. The number of hydrogen-bond acceptors (Lipinski definition) is 4. The van der Waals surface area contributed by atoms with Gasteiger partial charge in [-0.3, -0.25) is 4.79 Å². The van der Waals surface area contributed by atoms with Gasteiger partial charge in [0.25, 0.3) is 5.91 Å². The minimum Gasteiger partial charge on any atom is -0.497 e. The Labute approximate surface area is 162 Å². The summed E-state index contributed by atoms with van der Waals surface area (Å²) in [4.78, 5) is 16.6. The molecule has 2 aromatic carbocycles. The fourth-order valence-corrected chi connectivity index (χ4v) is 2.97. The van der Waals surface area contributed by atoms with Crippen molar-refractivity contribution >= 4 is 17.5 Å². The molecule has 0 unspecified atom stereocenters. The molecular formula is C20H20ClN3O3. The molecule has 140 valence electrons. The van der Waals surface area contributed by atoms with E-state index in [0.717, 1.165) is 11.1 Å². The number of imidazole rings is 1. The molecule has 1 aromatic heterocycles. The summed E-state index contributed by atoms with van der Waals surface area (Å²) in [5, 5.41) is 3.42. The van der Waals surface area contributed by atoms with Crippen LogP contribution in [-0.4, -0.2) is 29.7 Å². The lowest BCUT2D eigenvalue weighted by Gasteiger charge is -2.11. The molecule has 1 amide bonds. The molecule has 0 saturated heterocycles. The Hall–Kier alpha value is -2.99. The van der Waals surface area contributed by atoms with Crippen molar-refractivity contribution in [1.29, 1.82) is 0 Å². The smallest absolute Gasteiger partial charge is 0.251 e. The Balaban J connectivity index is 1.72. The topological polar surface area (TPSA) is 65.4 Å². The molecule has 1 N–H and O–H groups in total. The van der Waals surface area contributed by atoms with Crippen LogP contribution in [0.4, 0.5) is 0 Å². The first-order valence-corrected chi connectivity index (χ1v) is 8.70. The zero-order valence-corrected chi connectivity index (χ0v) is 15.9. The first-order chi connectivity index (χ1) is 13.1. The number of benzene rings is 2. The Bertz CT molecular complexity index is 904. The average molecular weight is 386 g/mol. The third kappa shape index (κ3) is 5.01. The van der Waals surface area contributed by atoms with Gasteiger partial charge in [0.1, 0.15) is 11.5 Å². The molecular weight excluding hydrogens is 366 g/mol. The molecule has 0 spiro atoms. The van der Waals surface area contributed by atoms with E-state index in [1.807, 2.05) is 35.0 Å². The number of nitrogens with one attached hydrogen (secondary N) is 1. The van der Waals surface area contributed by atoms with Gasteiger partial charge in [-0.2, -0.15) is 0 Å². The standard InChI is InChI=1S/C20H20ClN3O3/c1-26-18-7-14(8-19(10-18)27-2)11-23-20(25)16-5-15(6-17(21)9-16)12-24-4-3-22-13-24/h3-10,13H,11-12H2,1-2H3,(H,23,25). The lowest BCUT2D eigenvalue weighted by molar-refractivity contribution is 0.0950. The van der Waals surface area contributed by atoms with Crippen molar-refractivity contribution < 1.29 is 14.3 Å². The summed E-state index contributed by atoms with van der Waals surface area (Å²) in [6, 6.07) is 10.8. The van der Waals surface area contributed by atoms with E-state index in [1.54, 1.807) is 38.9 Å². The second-order valence-electron chi connectivity index (χ2n) is 5.99. The quantitative estimate of drug-likeness (QED) is 0.675. The van der Waals surface area contributed by atoms with E-state index in [9.17, 15) is 4.79 Å². The van der Waals surface area contributed by atoms with Crippen LogP contribution < -0.4 is 14.8 Å². The molecule has 0 radical (unpaired) electrons. The number of aromatic nitrogens is 2. The highest BCUT2D eigenvalue weighted by Crippen LogP contribution is 2.22. The van der Waals surface area contributed by atoms with Gasteiger partial charge in [0.05, 0.1) is 20.5 Å². The number of carbonyl (C=O) groups is 1. The lowest BCUT2D eigenvalue weighted by atomic mass is 10.1. The monoisotopic (exact) mass is 385 g/mol. The van der Waals surface area contributed by atoms with Crippen LogP contribution in [0.5, 0.6) is 11.5 Å². The van der Waals surface area contributed by atoms with E-state index in [0.29, 0.717) is 35.2 Å². The summed E-state index contributed by atoms with van der Waals surface area (Å²) in [7, 11) is 3.18. The fraction of sp³-hybridized carbons (Fsp3) is 0.200. The van der Waals surface area contributed by atoms with Crippen molar-refractivity contribution in [2.45, 2.75) is 13.1 Å². The molecule has 0 bridgehead atoms. The molecule has 0 fully saturated rings. The zero-order chi connectivity index (χ0) is 19.2. The van der Waals surface area contributed by atoms with Crippen molar-refractivity contribution in [3.63, 3.8) is 0 Å². The van der Waals surface area contributed by atoms with Crippen molar-refractivity contribution in [3.8, 4) is 11.5 Å². The zero-order valence-electron chi connectivity index (χ0n) is 15.1. The van der Waals surface area contributed by atoms with Crippen LogP contribution in [0.2, 0.25) is 5.02 Å². The Kier molecular flexibility index (Phi) is 5.98. The molecule has 7 heteroatoms. The van der Waals surface area contributed by atoms with Crippen LogP contribution >= 0.6 is 11.6 Å². The number of amides is 1. The van der Waals surface area contributed by atoms with E-state index in [1.165, 1.54) is 0 Å². The maximum absolute atomic E-state index is 12.6. The largest absolute Gasteiger partial charge is 0.497 e. The predicted molar refractivity (Wildman–Crippen MR) is 103 cm³/mol. The van der Waals surface area contributed by atoms with Gasteiger partial charge in [-0.05, 0) is 41.5 Å². The first-order valence-electron chi connectivity index (χ1n) is 8.32. The van der Waals surface area contributed by atoms with E-state index >= 15 is 0 Å². The van der Waals surface area contributed by atoms with Crippen LogP contribution in [0.3, 0.4) is 0 Å². The molecule has 3 aromatic rings. The third-order valence-electron chi connectivity index (χ3n) is 4.01. The summed E-state index contributed by atoms with van der Waals surface area (Å²) in [6.45, 7) is 0.934. The number of ether oxygens (including phenoxy) is 2. The maximum Gasteiger partial charge on any atom is 0.251 e. The van der Waals surface area contributed by atoms with E-state index in [-0.39, 0.29) is 5.91 Å². The normalized spacial score (nSPS) is 10.5. The minimum atomic E-state index is -0.203. The molecule has 27 heavy (non-hydrogen) atoms. The van der Waals surface area contributed by atoms with Crippen LogP contribution in [0.1, 0.15) is 21.5 Å². The molecule has 0 aliphatic heterocycles. The highest BCUT2D eigenvalue weighted by Gasteiger charge is 2.10. The van der Waals surface area contributed by atoms with Gasteiger partial charge in [0.2, 0.25) is 0 Å². The molecule has 0 saturated carbocycles. The fourth-order valence-electron chi connectivity index (χ4n) is 2.72. The Morgan fingerprint density at radius 1 is 1.07 bits per heavy atom. The van der Waals surface area contributed by atoms with Gasteiger partial charge in [-0.15, -0.1) is 0 Å².